The van der Waals surface area contributed by atoms with E-state index >= 15 is 0 Å². The van der Waals surface area contributed by atoms with E-state index in [4.69, 9.17) is 0 Å². The fraction of sp³-hybridized carbons (Fsp3) is 0.684. The van der Waals surface area contributed by atoms with Crippen LogP contribution >= 0.6 is 0 Å². The van der Waals surface area contributed by atoms with E-state index in [0.29, 0.717) is 0 Å². The minimum atomic E-state index is -0.0938. The summed E-state index contributed by atoms with van der Waals surface area (Å²) in [6.07, 6.45) is 11.8. The molecule has 120 valence electrons. The van der Waals surface area contributed by atoms with Gasteiger partial charge in [-0.2, -0.15) is 0 Å². The zero-order chi connectivity index (χ0) is 15.5. The minimum Gasteiger partial charge on any atom is -0.313 e. The topological polar surface area (TPSA) is 12.0 Å². The minimum absolute atomic E-state index is 0.0938. The maximum atomic E-state index is 13.6. The number of hydrogen-bond donors (Lipinski definition) is 1. The molecule has 0 spiro atoms. The molecular formula is C19H32FN. The molecule has 0 amide bonds. The molecule has 0 aliphatic rings. The van der Waals surface area contributed by atoms with Crippen LogP contribution in [-0.4, -0.2) is 7.05 Å². The first-order valence-corrected chi connectivity index (χ1v) is 8.62. The van der Waals surface area contributed by atoms with E-state index in [2.05, 4.69) is 12.2 Å². The quantitative estimate of drug-likeness (QED) is 0.499. The lowest BCUT2D eigenvalue weighted by Crippen LogP contribution is -2.16. The van der Waals surface area contributed by atoms with Crippen molar-refractivity contribution in [3.8, 4) is 0 Å². The highest BCUT2D eigenvalue weighted by Crippen LogP contribution is 2.22. The summed E-state index contributed by atoms with van der Waals surface area (Å²) in [6.45, 7) is 4.07. The summed E-state index contributed by atoms with van der Waals surface area (Å²) >= 11 is 0. The number of nitrogens with one attached hydrogen (secondary N) is 1. The van der Waals surface area contributed by atoms with Gasteiger partial charge in [0.25, 0.3) is 0 Å². The molecule has 0 bridgehead atoms. The Morgan fingerprint density at radius 3 is 2.19 bits per heavy atom. The van der Waals surface area contributed by atoms with Gasteiger partial charge in [-0.1, -0.05) is 70.4 Å². The first-order valence-electron chi connectivity index (χ1n) is 8.62. The van der Waals surface area contributed by atoms with Crippen molar-refractivity contribution < 1.29 is 4.39 Å². The summed E-state index contributed by atoms with van der Waals surface area (Å²) in [5, 5.41) is 3.32. The molecule has 0 aromatic heterocycles. The van der Waals surface area contributed by atoms with Crippen molar-refractivity contribution in [2.75, 3.05) is 7.05 Å². The van der Waals surface area contributed by atoms with Crippen molar-refractivity contribution in [2.24, 2.45) is 0 Å². The number of benzene rings is 1. The Kier molecular flexibility index (Phi) is 9.32. The Hall–Kier alpha value is -0.890. The first kappa shape index (κ1) is 18.2. The highest BCUT2D eigenvalue weighted by atomic mass is 19.1. The summed E-state index contributed by atoms with van der Waals surface area (Å²) in [5.41, 5.74) is 1.80. The van der Waals surface area contributed by atoms with Crippen LogP contribution < -0.4 is 5.32 Å². The van der Waals surface area contributed by atoms with Crippen LogP contribution in [0.4, 0.5) is 4.39 Å². The highest BCUT2D eigenvalue weighted by molar-refractivity contribution is 5.25. The second-order valence-electron chi connectivity index (χ2n) is 6.11. The van der Waals surface area contributed by atoms with Crippen molar-refractivity contribution in [3.63, 3.8) is 0 Å². The largest absolute Gasteiger partial charge is 0.313 e. The second kappa shape index (κ2) is 10.8. The van der Waals surface area contributed by atoms with Gasteiger partial charge in [-0.25, -0.2) is 4.39 Å². The van der Waals surface area contributed by atoms with Crippen LogP contribution in [-0.2, 0) is 0 Å². The molecule has 0 radical (unpaired) electrons. The van der Waals surface area contributed by atoms with Crippen molar-refractivity contribution in [1.29, 1.82) is 0 Å². The van der Waals surface area contributed by atoms with Gasteiger partial charge in [-0.3, -0.25) is 0 Å². The van der Waals surface area contributed by atoms with Crippen LogP contribution in [0.2, 0.25) is 0 Å². The normalized spacial score (nSPS) is 12.6. The standard InChI is InChI=1S/C19H32FN/c1-4-5-6-7-8-9-10-11-12-19(21-3)17-14-13-16(2)18(20)15-17/h13-15,19,21H,4-12H2,1-3H3. The summed E-state index contributed by atoms with van der Waals surface area (Å²) in [6, 6.07) is 5.88. The van der Waals surface area contributed by atoms with Crippen LogP contribution in [0, 0.1) is 12.7 Å². The number of hydrogen-bond acceptors (Lipinski definition) is 1. The van der Waals surface area contributed by atoms with E-state index in [9.17, 15) is 4.39 Å². The van der Waals surface area contributed by atoms with Gasteiger partial charge in [0.1, 0.15) is 5.82 Å². The fourth-order valence-electron chi connectivity index (χ4n) is 2.79. The molecule has 0 saturated heterocycles. The van der Waals surface area contributed by atoms with E-state index < -0.39 is 0 Å². The third-order valence-electron chi connectivity index (χ3n) is 4.29. The van der Waals surface area contributed by atoms with E-state index in [0.717, 1.165) is 17.5 Å². The molecule has 1 aromatic rings. The van der Waals surface area contributed by atoms with Crippen LogP contribution in [0.25, 0.3) is 0 Å². The molecule has 1 N–H and O–H groups in total. The number of unbranched alkanes of at least 4 members (excludes halogenated alkanes) is 7. The molecule has 0 fully saturated rings. The molecule has 0 aliphatic heterocycles. The Morgan fingerprint density at radius 2 is 1.62 bits per heavy atom. The van der Waals surface area contributed by atoms with Crippen molar-refractivity contribution >= 4 is 0 Å². The fourth-order valence-corrected chi connectivity index (χ4v) is 2.79. The van der Waals surface area contributed by atoms with Gasteiger partial charge >= 0.3 is 0 Å². The molecule has 21 heavy (non-hydrogen) atoms. The molecule has 1 aromatic carbocycles. The van der Waals surface area contributed by atoms with Crippen LogP contribution in [0.1, 0.15) is 81.9 Å². The number of rotatable bonds is 11. The first-order chi connectivity index (χ1) is 10.2. The molecule has 1 atom stereocenters. The molecule has 0 saturated carbocycles. The summed E-state index contributed by atoms with van der Waals surface area (Å²) in [7, 11) is 1.97. The lowest BCUT2D eigenvalue weighted by molar-refractivity contribution is 0.491. The maximum absolute atomic E-state index is 13.6. The van der Waals surface area contributed by atoms with Gasteiger partial charge in [0, 0.05) is 6.04 Å². The Balaban J connectivity index is 2.23. The SMILES string of the molecule is CCCCCCCCCCC(NC)c1ccc(C)c(F)c1. The molecule has 2 heteroatoms. The zero-order valence-corrected chi connectivity index (χ0v) is 14.1. The van der Waals surface area contributed by atoms with E-state index in [1.165, 1.54) is 51.4 Å². The smallest absolute Gasteiger partial charge is 0.126 e. The van der Waals surface area contributed by atoms with Gasteiger partial charge in [-0.05, 0) is 37.6 Å². The number of aryl methyl sites for hydroxylation is 1. The van der Waals surface area contributed by atoms with Crippen molar-refractivity contribution in [3.05, 3.63) is 35.1 Å². The lowest BCUT2D eigenvalue weighted by atomic mass is 9.98. The third-order valence-corrected chi connectivity index (χ3v) is 4.29. The predicted molar refractivity (Wildman–Crippen MR) is 90.2 cm³/mol. The molecule has 0 heterocycles. The van der Waals surface area contributed by atoms with Crippen LogP contribution in [0.15, 0.2) is 18.2 Å². The van der Waals surface area contributed by atoms with Crippen LogP contribution in [0.3, 0.4) is 0 Å². The molecular weight excluding hydrogens is 261 g/mol. The average Bonchev–Trinajstić information content (AvgIpc) is 2.49. The monoisotopic (exact) mass is 293 g/mol. The second-order valence-corrected chi connectivity index (χ2v) is 6.11. The van der Waals surface area contributed by atoms with Crippen molar-refractivity contribution in [1.82, 2.24) is 5.32 Å². The summed E-state index contributed by atoms with van der Waals surface area (Å²) in [5.74, 6) is -0.0938. The van der Waals surface area contributed by atoms with Crippen LogP contribution in [0.5, 0.6) is 0 Å². The Labute approximate surface area is 130 Å². The predicted octanol–water partition coefficient (Wildman–Crippen LogP) is 5.93. The number of halogens is 1. The summed E-state index contributed by atoms with van der Waals surface area (Å²) < 4.78 is 13.6. The molecule has 1 nitrogen and oxygen atoms in total. The molecule has 1 unspecified atom stereocenters. The molecule has 1 rings (SSSR count). The van der Waals surface area contributed by atoms with Gasteiger partial charge in [0.15, 0.2) is 0 Å². The van der Waals surface area contributed by atoms with Gasteiger partial charge in [0.2, 0.25) is 0 Å². The van der Waals surface area contributed by atoms with Crippen molar-refractivity contribution in [2.45, 2.75) is 77.7 Å². The van der Waals surface area contributed by atoms with Gasteiger partial charge in [-0.15, -0.1) is 0 Å². The van der Waals surface area contributed by atoms with E-state index in [1.807, 2.05) is 26.1 Å². The Bertz CT molecular complexity index is 389. The van der Waals surface area contributed by atoms with E-state index in [-0.39, 0.29) is 11.9 Å². The maximum Gasteiger partial charge on any atom is 0.126 e. The highest BCUT2D eigenvalue weighted by Gasteiger charge is 2.10. The van der Waals surface area contributed by atoms with E-state index in [1.54, 1.807) is 6.07 Å². The molecule has 0 aliphatic carbocycles. The van der Waals surface area contributed by atoms with Gasteiger partial charge in [0.05, 0.1) is 0 Å². The zero-order valence-electron chi connectivity index (χ0n) is 14.1. The Morgan fingerprint density at radius 1 is 1.00 bits per heavy atom. The third kappa shape index (κ3) is 7.08. The van der Waals surface area contributed by atoms with Gasteiger partial charge < -0.3 is 5.32 Å². The average molecular weight is 293 g/mol. The lowest BCUT2D eigenvalue weighted by Gasteiger charge is -2.17. The summed E-state index contributed by atoms with van der Waals surface area (Å²) in [4.78, 5) is 0.